The van der Waals surface area contributed by atoms with Crippen molar-refractivity contribution in [2.24, 2.45) is 0 Å². The summed E-state index contributed by atoms with van der Waals surface area (Å²) in [6, 6.07) is 0.979. The van der Waals surface area contributed by atoms with E-state index in [1.165, 1.54) is 25.7 Å². The Kier molecular flexibility index (Phi) is 8.13. The van der Waals surface area contributed by atoms with E-state index in [0.29, 0.717) is 0 Å². The zero-order valence-electron chi connectivity index (χ0n) is 10.6. The molecule has 0 rings (SSSR count). The lowest BCUT2D eigenvalue weighted by Crippen LogP contribution is -2.51. The molecule has 0 N–H and O–H groups in total. The molecule has 0 amide bonds. The normalized spacial score (nSPS) is 14.5. The minimum atomic E-state index is -1.92. The molecule has 0 saturated heterocycles. The number of halogens is 3. The Bertz CT molecular complexity index is 229. The van der Waals surface area contributed by atoms with Crippen molar-refractivity contribution in [3.05, 3.63) is 0 Å². The summed E-state index contributed by atoms with van der Waals surface area (Å²) in [7, 11) is -1.92. The van der Waals surface area contributed by atoms with Gasteiger partial charge in [-0.05, 0) is 0 Å². The maximum atomic E-state index is 10.4. The molecule has 17 heavy (non-hydrogen) atoms. The summed E-state index contributed by atoms with van der Waals surface area (Å²) in [5.74, 6) is 0. The van der Waals surface area contributed by atoms with Crippen LogP contribution in [-0.2, 0) is 9.53 Å². The van der Waals surface area contributed by atoms with Gasteiger partial charge in [-0.1, -0.05) is 86.5 Å². The molecule has 0 aliphatic rings. The van der Waals surface area contributed by atoms with Gasteiger partial charge in [0, 0.05) is 0 Å². The summed E-state index contributed by atoms with van der Waals surface area (Å²) in [6.45, 7) is 7.72. The first kappa shape index (κ1) is 17.6. The second kappa shape index (κ2) is 7.88. The number of ether oxygens (including phenoxy) is 1. The molecule has 6 heteroatoms. The highest BCUT2D eigenvalue weighted by molar-refractivity contribution is 6.84. The van der Waals surface area contributed by atoms with Crippen molar-refractivity contribution in [3.63, 3.8) is 0 Å². The summed E-state index contributed by atoms with van der Waals surface area (Å²) in [5.41, 5.74) is -0.640. The smallest absolute Gasteiger partial charge is 0.417 e. The van der Waals surface area contributed by atoms with Crippen LogP contribution in [0, 0.1) is 0 Å². The van der Waals surface area contributed by atoms with Crippen molar-refractivity contribution in [1.29, 1.82) is 0 Å². The van der Waals surface area contributed by atoms with E-state index >= 15 is 0 Å². The van der Waals surface area contributed by atoms with E-state index in [2.05, 4.69) is 20.0 Å². The molecule has 101 valence electrons. The molecular formula is C11H20Cl3O2Si. The fourth-order valence-corrected chi connectivity index (χ4v) is 7.32. The third kappa shape index (κ3) is 6.90. The van der Waals surface area contributed by atoms with E-state index in [9.17, 15) is 4.79 Å². The topological polar surface area (TPSA) is 26.3 Å². The molecule has 0 fully saturated rings. The zero-order chi connectivity index (χ0) is 13.5. The average Bonchev–Trinajstić information content (AvgIpc) is 2.19. The van der Waals surface area contributed by atoms with Crippen molar-refractivity contribution in [3.8, 4) is 0 Å². The standard InChI is InChI=1S/C11H20Cl3O2Si/c1-4-5-6-7-8-17(2,3)10(16-9-15)11(12,13)14/h10H,4-8H2,1-3H3. The summed E-state index contributed by atoms with van der Waals surface area (Å²) in [6.07, 6.45) is 4.66. The van der Waals surface area contributed by atoms with Crippen LogP contribution >= 0.6 is 34.8 Å². The van der Waals surface area contributed by atoms with E-state index in [-0.39, 0.29) is 0 Å². The summed E-state index contributed by atoms with van der Waals surface area (Å²) in [5, 5.41) is 0. The van der Waals surface area contributed by atoms with Gasteiger partial charge >= 0.3 is 6.47 Å². The second-order valence-corrected chi connectivity index (χ2v) is 12.3. The lowest BCUT2D eigenvalue weighted by atomic mass is 10.2. The number of rotatable bonds is 8. The number of unbranched alkanes of at least 4 members (excludes halogenated alkanes) is 3. The van der Waals surface area contributed by atoms with Crippen molar-refractivity contribution in [1.82, 2.24) is 0 Å². The predicted octanol–water partition coefficient (Wildman–Crippen LogP) is 4.64. The molecule has 0 spiro atoms. The highest BCUT2D eigenvalue weighted by atomic mass is 35.6. The molecule has 2 nitrogen and oxygen atoms in total. The predicted molar refractivity (Wildman–Crippen MR) is 77.3 cm³/mol. The molecule has 0 aromatic heterocycles. The van der Waals surface area contributed by atoms with Gasteiger partial charge in [0.2, 0.25) is 3.79 Å². The molecule has 1 unspecified atom stereocenters. The Morgan fingerprint density at radius 1 is 1.24 bits per heavy atom. The van der Waals surface area contributed by atoms with Gasteiger partial charge in [0.25, 0.3) is 0 Å². The van der Waals surface area contributed by atoms with Crippen LogP contribution in [0.5, 0.6) is 0 Å². The van der Waals surface area contributed by atoms with Gasteiger partial charge in [0.1, 0.15) is 13.8 Å². The Morgan fingerprint density at radius 3 is 2.24 bits per heavy atom. The first-order valence-corrected chi connectivity index (χ1v) is 10.3. The molecule has 0 aliphatic carbocycles. The van der Waals surface area contributed by atoms with Gasteiger partial charge in [0.15, 0.2) is 0 Å². The monoisotopic (exact) mass is 317 g/mol. The van der Waals surface area contributed by atoms with Crippen molar-refractivity contribution in [2.45, 2.75) is 61.3 Å². The van der Waals surface area contributed by atoms with Crippen LogP contribution in [0.25, 0.3) is 0 Å². The van der Waals surface area contributed by atoms with E-state index in [4.69, 9.17) is 39.5 Å². The van der Waals surface area contributed by atoms with Crippen LogP contribution in [0.3, 0.4) is 0 Å². The maximum Gasteiger partial charge on any atom is 0.417 e. The Balaban J connectivity index is 4.44. The number of carbonyl (C=O) groups excluding carboxylic acids is 1. The van der Waals surface area contributed by atoms with Crippen LogP contribution < -0.4 is 0 Å². The molecule has 0 aromatic carbocycles. The van der Waals surface area contributed by atoms with E-state index in [1.807, 2.05) is 0 Å². The van der Waals surface area contributed by atoms with Crippen LogP contribution in [0.4, 0.5) is 0 Å². The molecule has 0 heterocycles. The highest BCUT2D eigenvalue weighted by Crippen LogP contribution is 2.38. The van der Waals surface area contributed by atoms with Crippen LogP contribution in [0.1, 0.15) is 32.6 Å². The highest BCUT2D eigenvalue weighted by Gasteiger charge is 2.46. The molecule has 1 atom stereocenters. The van der Waals surface area contributed by atoms with Gasteiger partial charge in [0.05, 0.1) is 0 Å². The molecule has 0 bridgehead atoms. The minimum Gasteiger partial charge on any atom is -0.453 e. The molecular weight excluding hydrogens is 299 g/mol. The first-order valence-electron chi connectivity index (χ1n) is 5.85. The number of hydrogen-bond acceptors (Lipinski definition) is 2. The molecule has 0 aliphatic heterocycles. The fourth-order valence-electron chi connectivity index (χ4n) is 1.86. The Hall–Kier alpha value is 0.557. The van der Waals surface area contributed by atoms with Gasteiger partial charge in [-0.25, -0.2) is 4.79 Å². The third-order valence-electron chi connectivity index (χ3n) is 2.85. The lowest BCUT2D eigenvalue weighted by Gasteiger charge is -2.35. The van der Waals surface area contributed by atoms with Crippen molar-refractivity contribution < 1.29 is 9.53 Å². The summed E-state index contributed by atoms with van der Waals surface area (Å²) < 4.78 is 3.33. The van der Waals surface area contributed by atoms with Gasteiger partial charge in [-0.2, -0.15) is 0 Å². The largest absolute Gasteiger partial charge is 0.453 e. The summed E-state index contributed by atoms with van der Waals surface area (Å²) >= 11 is 17.6. The maximum absolute atomic E-state index is 10.4. The fraction of sp³-hybridized carbons (Fsp3) is 0.909. The zero-order valence-corrected chi connectivity index (χ0v) is 13.8. The minimum absolute atomic E-state index is 0.640. The Morgan fingerprint density at radius 2 is 1.82 bits per heavy atom. The van der Waals surface area contributed by atoms with Gasteiger partial charge in [-0.3, -0.25) is 0 Å². The number of alkyl halides is 3. The van der Waals surface area contributed by atoms with Crippen LogP contribution in [0.15, 0.2) is 0 Å². The van der Waals surface area contributed by atoms with E-state index in [1.54, 1.807) is 0 Å². The Labute approximate surface area is 120 Å². The van der Waals surface area contributed by atoms with Crippen LogP contribution in [0.2, 0.25) is 19.1 Å². The molecule has 1 radical (unpaired) electrons. The number of hydrogen-bond donors (Lipinski definition) is 0. The third-order valence-corrected chi connectivity index (χ3v) is 7.60. The van der Waals surface area contributed by atoms with Crippen molar-refractivity contribution >= 4 is 49.3 Å². The quantitative estimate of drug-likeness (QED) is 0.370. The van der Waals surface area contributed by atoms with Gasteiger partial charge in [-0.15, -0.1) is 0 Å². The first-order chi connectivity index (χ1) is 7.75. The van der Waals surface area contributed by atoms with Crippen molar-refractivity contribution in [2.75, 3.05) is 0 Å². The van der Waals surface area contributed by atoms with Gasteiger partial charge < -0.3 is 4.74 Å². The molecule has 0 aromatic rings. The van der Waals surface area contributed by atoms with Crippen LogP contribution in [-0.4, -0.2) is 24.1 Å². The van der Waals surface area contributed by atoms with E-state index < -0.39 is 17.6 Å². The molecule has 0 saturated carbocycles. The second-order valence-electron chi connectivity index (χ2n) is 4.92. The van der Waals surface area contributed by atoms with E-state index in [0.717, 1.165) is 12.5 Å². The lowest BCUT2D eigenvalue weighted by molar-refractivity contribution is 0.238. The average molecular weight is 319 g/mol. The SMILES string of the molecule is CCCCCC[Si](C)(C)C(O[C]=O)C(Cl)(Cl)Cl. The summed E-state index contributed by atoms with van der Waals surface area (Å²) in [4.78, 5) is 10.4.